The predicted octanol–water partition coefficient (Wildman–Crippen LogP) is 11.7. The van der Waals surface area contributed by atoms with Crippen LogP contribution in [0.5, 0.6) is 0 Å². The Morgan fingerprint density at radius 3 is 1.24 bits per heavy atom. The molecular weight excluding hydrogens is 1070 g/mol. The molecule has 4 aromatic carbocycles. The molecular formula is C70H84N12O4. The average Bonchev–Trinajstić information content (AvgIpc) is 1.73. The highest BCUT2D eigenvalue weighted by Gasteiger charge is 2.34. The fourth-order valence-electron chi connectivity index (χ4n) is 13.5. The maximum atomic E-state index is 12.8. The van der Waals surface area contributed by atoms with Crippen molar-refractivity contribution in [1.82, 2.24) is 58.6 Å². The molecule has 16 nitrogen and oxygen atoms in total. The van der Waals surface area contributed by atoms with Crippen LogP contribution >= 0.6 is 0 Å². The summed E-state index contributed by atoms with van der Waals surface area (Å²) in [6, 6.07) is 39.6. The van der Waals surface area contributed by atoms with Crippen LogP contribution in [-0.4, -0.2) is 128 Å². The molecule has 6 aromatic heterocycles. The topological polar surface area (TPSA) is 154 Å². The van der Waals surface area contributed by atoms with Gasteiger partial charge in [-0.15, -0.1) is 0 Å². The third kappa shape index (κ3) is 12.1. The van der Waals surface area contributed by atoms with Gasteiger partial charge in [0.25, 0.3) is 0 Å². The normalized spacial score (nSPS) is 15.4. The number of hydrogen-bond donors (Lipinski definition) is 2. The third-order valence-corrected chi connectivity index (χ3v) is 17.6. The van der Waals surface area contributed by atoms with Gasteiger partial charge in [-0.2, -0.15) is 0 Å². The Morgan fingerprint density at radius 2 is 0.907 bits per heavy atom. The number of rotatable bonds is 16. The van der Waals surface area contributed by atoms with Crippen molar-refractivity contribution in [3.63, 3.8) is 0 Å². The lowest BCUT2D eigenvalue weighted by Gasteiger charge is -2.33. The number of imidazole rings is 2. The van der Waals surface area contributed by atoms with E-state index in [2.05, 4.69) is 176 Å². The number of benzene rings is 4. The third-order valence-electron chi connectivity index (χ3n) is 17.6. The second kappa shape index (κ2) is 24.8. The summed E-state index contributed by atoms with van der Waals surface area (Å²) in [4.78, 5) is 48.7. The molecule has 0 radical (unpaired) electrons. The number of ether oxygens (including phenoxy) is 2. The van der Waals surface area contributed by atoms with E-state index >= 15 is 0 Å². The molecule has 0 saturated carbocycles. The second-order valence-electron chi connectivity index (χ2n) is 25.4. The zero-order valence-electron chi connectivity index (χ0n) is 52.2. The van der Waals surface area contributed by atoms with Crippen LogP contribution in [0.4, 0.5) is 0 Å². The van der Waals surface area contributed by atoms with Crippen molar-refractivity contribution in [2.75, 3.05) is 67.7 Å². The first-order valence-electron chi connectivity index (χ1n) is 30.3. The number of aryl methyl sites for hydroxylation is 4. The summed E-state index contributed by atoms with van der Waals surface area (Å²) in [5.74, 6) is 0.790. The van der Waals surface area contributed by atoms with Gasteiger partial charge in [0, 0.05) is 74.8 Å². The Hall–Kier alpha value is -8.02. The molecule has 86 heavy (non-hydrogen) atoms. The largest absolute Gasteiger partial charge is 0.381 e. The Bertz CT molecular complexity index is 3750. The lowest BCUT2D eigenvalue weighted by Crippen LogP contribution is -2.44. The molecule has 2 aliphatic heterocycles. The Morgan fingerprint density at radius 1 is 0.535 bits per heavy atom. The van der Waals surface area contributed by atoms with Crippen LogP contribution in [0.15, 0.2) is 134 Å². The van der Waals surface area contributed by atoms with Crippen molar-refractivity contribution < 1.29 is 19.1 Å². The molecule has 0 aliphatic carbocycles. The van der Waals surface area contributed by atoms with Gasteiger partial charge in [0.2, 0.25) is 11.8 Å². The number of pyridine rings is 2. The standard InChI is InChI=1S/2C35H42N6O2/c2*1-23-33(40(6)22-37-23)26-18-30-32(36-20-26)28-13-12-27(35(2,3)38-31(42)21-39(4)5)19-29(28)41(30)34(24-10-8-7-9-11-24)25-14-16-43-17-15-25/h2*7-13,18-20,22,25,34H,14-17,21H2,1-6H3,(H,38,42). The van der Waals surface area contributed by atoms with E-state index in [0.717, 1.165) is 141 Å². The van der Waals surface area contributed by atoms with Gasteiger partial charge in [-0.05, 0) is 154 Å². The van der Waals surface area contributed by atoms with Crippen molar-refractivity contribution in [2.24, 2.45) is 25.9 Å². The highest BCUT2D eigenvalue weighted by Crippen LogP contribution is 2.45. The number of carbonyl (C=O) groups excluding carboxylic acids is 2. The van der Waals surface area contributed by atoms with Crippen LogP contribution in [0.25, 0.3) is 66.4 Å². The van der Waals surface area contributed by atoms with Crippen LogP contribution in [-0.2, 0) is 44.2 Å². The molecule has 448 valence electrons. The molecule has 0 spiro atoms. The number of nitrogens with zero attached hydrogens (tertiary/aromatic N) is 10. The first-order chi connectivity index (χ1) is 41.3. The van der Waals surface area contributed by atoms with Gasteiger partial charge in [-0.25, -0.2) is 9.97 Å². The van der Waals surface area contributed by atoms with Crippen LogP contribution < -0.4 is 10.6 Å². The van der Waals surface area contributed by atoms with Gasteiger partial charge in [0.15, 0.2) is 0 Å². The molecule has 2 N–H and O–H groups in total. The smallest absolute Gasteiger partial charge is 0.234 e. The fraction of sp³-hybridized carbons (Fsp3) is 0.400. The van der Waals surface area contributed by atoms with Crippen molar-refractivity contribution in [1.29, 1.82) is 0 Å². The molecule has 0 bridgehead atoms. The predicted molar refractivity (Wildman–Crippen MR) is 344 cm³/mol. The maximum Gasteiger partial charge on any atom is 0.234 e. The van der Waals surface area contributed by atoms with Crippen molar-refractivity contribution in [3.8, 4) is 22.5 Å². The molecule has 2 saturated heterocycles. The highest BCUT2D eigenvalue weighted by molar-refractivity contribution is 6.08. The van der Waals surface area contributed by atoms with Crippen LogP contribution in [0.3, 0.4) is 0 Å². The number of amides is 2. The fourth-order valence-corrected chi connectivity index (χ4v) is 13.5. The van der Waals surface area contributed by atoms with Gasteiger partial charge in [-0.1, -0.05) is 84.9 Å². The van der Waals surface area contributed by atoms with E-state index in [1.807, 2.05) is 91.0 Å². The minimum Gasteiger partial charge on any atom is -0.381 e. The van der Waals surface area contributed by atoms with E-state index in [9.17, 15) is 9.59 Å². The number of carbonyl (C=O) groups is 2. The molecule has 2 atom stereocenters. The van der Waals surface area contributed by atoms with E-state index in [1.165, 1.54) is 11.1 Å². The van der Waals surface area contributed by atoms with Crippen LogP contribution in [0.2, 0.25) is 0 Å². The van der Waals surface area contributed by atoms with Crippen LogP contribution in [0, 0.1) is 25.7 Å². The average molecular weight is 1160 g/mol. The minimum absolute atomic E-state index is 0.00198. The number of nitrogens with one attached hydrogen (secondary N) is 2. The Balaban J connectivity index is 0.000000179. The first-order valence-corrected chi connectivity index (χ1v) is 30.3. The zero-order chi connectivity index (χ0) is 60.6. The van der Waals surface area contributed by atoms with E-state index in [4.69, 9.17) is 19.4 Å². The Kier molecular flexibility index (Phi) is 17.2. The number of hydrogen-bond acceptors (Lipinski definition) is 10. The molecule has 16 heteroatoms. The Labute approximate surface area is 505 Å². The number of likely N-dealkylation sites (N-methyl/N-ethyl adjacent to an activating group) is 2. The SMILES string of the molecule is Cc1ncn(C)c1-c1cnc2c3ccc(C(C)(C)NC(=O)CN(C)C)cc3n(C(c3ccccc3)C3CCOCC3)c2c1.Cc1ncn(C)c1-c1cnc2c3ccc(C(C)(C)NC(=O)CN(C)C)cc3n(C(c3ccccc3)C3CCOCC3)c2c1. The van der Waals surface area contributed by atoms with Crippen molar-refractivity contribution in [3.05, 3.63) is 168 Å². The quantitative estimate of drug-likeness (QED) is 0.0955. The molecule has 2 unspecified atom stereocenters. The molecule has 2 fully saturated rings. The summed E-state index contributed by atoms with van der Waals surface area (Å²) in [5, 5.41) is 8.72. The second-order valence-corrected chi connectivity index (χ2v) is 25.4. The summed E-state index contributed by atoms with van der Waals surface area (Å²) in [5.41, 5.74) is 16.1. The van der Waals surface area contributed by atoms with Gasteiger partial charge >= 0.3 is 0 Å². The lowest BCUT2D eigenvalue weighted by molar-refractivity contribution is -0.124. The van der Waals surface area contributed by atoms with E-state index in [1.54, 1.807) is 0 Å². The number of aromatic nitrogens is 8. The summed E-state index contributed by atoms with van der Waals surface area (Å²) in [7, 11) is 11.7. The summed E-state index contributed by atoms with van der Waals surface area (Å²) < 4.78 is 20.8. The van der Waals surface area contributed by atoms with Crippen LogP contribution in [0.1, 0.15) is 99.1 Å². The molecule has 10 aromatic rings. The summed E-state index contributed by atoms with van der Waals surface area (Å²) in [6.07, 6.45) is 11.6. The van der Waals surface area contributed by atoms with Gasteiger partial charge < -0.3 is 48.2 Å². The maximum absolute atomic E-state index is 12.8. The summed E-state index contributed by atoms with van der Waals surface area (Å²) in [6.45, 7) is 16.1. The summed E-state index contributed by atoms with van der Waals surface area (Å²) >= 11 is 0. The van der Waals surface area contributed by atoms with E-state index in [0.29, 0.717) is 24.9 Å². The van der Waals surface area contributed by atoms with Gasteiger partial charge in [0.1, 0.15) is 0 Å². The first kappa shape index (κ1) is 59.7. The van der Waals surface area contributed by atoms with E-state index < -0.39 is 11.1 Å². The molecule has 2 aliphatic rings. The highest BCUT2D eigenvalue weighted by atomic mass is 16.5. The van der Waals surface area contributed by atoms with Crippen molar-refractivity contribution >= 4 is 55.7 Å². The molecule has 12 rings (SSSR count). The molecule has 8 heterocycles. The van der Waals surface area contributed by atoms with Gasteiger partial charge in [0.05, 0.1) is 105 Å². The lowest BCUT2D eigenvalue weighted by atomic mass is 9.86. The zero-order valence-corrected chi connectivity index (χ0v) is 52.2. The van der Waals surface area contributed by atoms with Gasteiger partial charge in [-0.3, -0.25) is 19.6 Å². The number of fused-ring (bicyclic) bond motifs is 6. The monoisotopic (exact) mass is 1160 g/mol. The minimum atomic E-state index is -0.562. The van der Waals surface area contributed by atoms with E-state index in [-0.39, 0.29) is 23.9 Å². The molecule has 2 amide bonds. The van der Waals surface area contributed by atoms with Crippen molar-refractivity contribution in [2.45, 2.75) is 90.4 Å².